The highest BCUT2D eigenvalue weighted by Crippen LogP contribution is 2.29. The van der Waals surface area contributed by atoms with E-state index in [0.717, 1.165) is 33.9 Å². The molecule has 0 fully saturated rings. The SMILES string of the molecule is Nc1ccc(C[C@H](N=C=S)c2csc(-c3ccccc3)n2)cc1. The fourth-order valence-corrected chi connectivity index (χ4v) is 3.31. The van der Waals surface area contributed by atoms with E-state index in [9.17, 15) is 0 Å². The molecule has 0 spiro atoms. The molecular weight excluding hydrogens is 322 g/mol. The van der Waals surface area contributed by atoms with Crippen molar-refractivity contribution in [1.82, 2.24) is 4.98 Å². The second-order valence-corrected chi connectivity index (χ2v) is 6.17. The molecule has 1 atom stereocenters. The standard InChI is InChI=1S/C18H15N3S2/c19-15-8-6-13(7-9-15)10-16(20-12-22)17-11-23-18(21-17)14-4-2-1-3-5-14/h1-9,11,16H,10,19H2/t16-/m0/s1. The van der Waals surface area contributed by atoms with Crippen LogP contribution in [0.3, 0.4) is 0 Å². The number of nitrogens with zero attached hydrogens (tertiary/aromatic N) is 2. The van der Waals surface area contributed by atoms with Crippen molar-refractivity contribution in [1.29, 1.82) is 0 Å². The number of nitrogen functional groups attached to an aromatic ring is 1. The number of hydrogen-bond acceptors (Lipinski definition) is 5. The van der Waals surface area contributed by atoms with Crippen LogP contribution in [0, 0.1) is 0 Å². The van der Waals surface area contributed by atoms with Crippen LogP contribution in [0.15, 0.2) is 65.0 Å². The number of isothiocyanates is 1. The first-order valence-electron chi connectivity index (χ1n) is 7.18. The van der Waals surface area contributed by atoms with Gasteiger partial charge in [-0.3, -0.25) is 0 Å². The van der Waals surface area contributed by atoms with Crippen LogP contribution in [0.25, 0.3) is 10.6 Å². The summed E-state index contributed by atoms with van der Waals surface area (Å²) >= 11 is 6.42. The Morgan fingerprint density at radius 3 is 2.57 bits per heavy atom. The van der Waals surface area contributed by atoms with Crippen molar-refractivity contribution in [2.75, 3.05) is 5.73 Å². The second kappa shape index (κ2) is 7.29. The van der Waals surface area contributed by atoms with E-state index in [0.29, 0.717) is 0 Å². The van der Waals surface area contributed by atoms with Crippen molar-refractivity contribution in [3.8, 4) is 10.6 Å². The third kappa shape index (κ3) is 3.90. The topological polar surface area (TPSA) is 51.3 Å². The molecule has 23 heavy (non-hydrogen) atoms. The van der Waals surface area contributed by atoms with Gasteiger partial charge in [-0.1, -0.05) is 42.5 Å². The van der Waals surface area contributed by atoms with E-state index in [1.807, 2.05) is 47.8 Å². The lowest BCUT2D eigenvalue weighted by atomic mass is 10.0. The van der Waals surface area contributed by atoms with Crippen molar-refractivity contribution < 1.29 is 0 Å². The molecule has 1 aromatic heterocycles. The van der Waals surface area contributed by atoms with E-state index in [2.05, 4.69) is 22.3 Å². The summed E-state index contributed by atoms with van der Waals surface area (Å²) in [5.41, 5.74) is 9.66. The van der Waals surface area contributed by atoms with Crippen LogP contribution in [0.1, 0.15) is 17.3 Å². The van der Waals surface area contributed by atoms with Gasteiger partial charge < -0.3 is 5.73 Å². The van der Waals surface area contributed by atoms with Gasteiger partial charge in [0, 0.05) is 23.1 Å². The molecule has 0 bridgehead atoms. The number of rotatable bonds is 5. The van der Waals surface area contributed by atoms with Gasteiger partial charge in [0.2, 0.25) is 0 Å². The quantitative estimate of drug-likeness (QED) is 0.414. The Morgan fingerprint density at radius 2 is 1.87 bits per heavy atom. The predicted molar refractivity (Wildman–Crippen MR) is 99.9 cm³/mol. The highest BCUT2D eigenvalue weighted by atomic mass is 32.1. The summed E-state index contributed by atoms with van der Waals surface area (Å²) in [4.78, 5) is 9.02. The minimum atomic E-state index is -0.121. The van der Waals surface area contributed by atoms with Crippen LogP contribution in [-0.4, -0.2) is 10.1 Å². The summed E-state index contributed by atoms with van der Waals surface area (Å²) in [6.07, 6.45) is 0.724. The smallest absolute Gasteiger partial charge is 0.123 e. The van der Waals surface area contributed by atoms with Gasteiger partial charge in [-0.05, 0) is 29.9 Å². The van der Waals surface area contributed by atoms with E-state index < -0.39 is 0 Å². The number of hydrogen-bond donors (Lipinski definition) is 1. The maximum atomic E-state index is 5.73. The molecule has 0 aliphatic carbocycles. The molecule has 3 aromatic rings. The molecule has 0 radical (unpaired) electrons. The lowest BCUT2D eigenvalue weighted by molar-refractivity contribution is 0.710. The maximum absolute atomic E-state index is 5.73. The summed E-state index contributed by atoms with van der Waals surface area (Å²) in [6.45, 7) is 0. The Hall–Kier alpha value is -2.33. The van der Waals surface area contributed by atoms with E-state index in [1.165, 1.54) is 0 Å². The van der Waals surface area contributed by atoms with Crippen LogP contribution in [0.5, 0.6) is 0 Å². The summed E-state index contributed by atoms with van der Waals surface area (Å²) < 4.78 is 0. The summed E-state index contributed by atoms with van der Waals surface area (Å²) in [5, 5.41) is 5.53. The maximum Gasteiger partial charge on any atom is 0.123 e. The molecule has 0 saturated heterocycles. The Balaban J connectivity index is 1.85. The van der Waals surface area contributed by atoms with Crippen LogP contribution in [0.2, 0.25) is 0 Å². The summed E-state index contributed by atoms with van der Waals surface area (Å²) in [7, 11) is 0. The van der Waals surface area contributed by atoms with Gasteiger partial charge in [-0.2, -0.15) is 0 Å². The molecule has 0 saturated carbocycles. The third-order valence-corrected chi connectivity index (χ3v) is 4.52. The van der Waals surface area contributed by atoms with Gasteiger partial charge in [0.05, 0.1) is 10.9 Å². The van der Waals surface area contributed by atoms with Crippen molar-refractivity contribution in [3.05, 3.63) is 71.2 Å². The fourth-order valence-electron chi connectivity index (χ4n) is 2.31. The van der Waals surface area contributed by atoms with Crippen molar-refractivity contribution in [2.45, 2.75) is 12.5 Å². The average Bonchev–Trinajstić information content (AvgIpc) is 3.07. The largest absolute Gasteiger partial charge is 0.399 e. The monoisotopic (exact) mass is 337 g/mol. The Labute approximate surface area is 144 Å². The van der Waals surface area contributed by atoms with Gasteiger partial charge in [0.25, 0.3) is 0 Å². The number of nitrogens with two attached hydrogens (primary N) is 1. The second-order valence-electron chi connectivity index (χ2n) is 5.13. The van der Waals surface area contributed by atoms with E-state index in [1.54, 1.807) is 11.3 Å². The first kappa shape index (κ1) is 15.6. The van der Waals surface area contributed by atoms with Gasteiger partial charge >= 0.3 is 0 Å². The number of aliphatic imine (C=N–C) groups is 1. The Bertz CT molecular complexity index is 819. The Kier molecular flexibility index (Phi) is 4.93. The van der Waals surface area contributed by atoms with Gasteiger partial charge in [-0.25, -0.2) is 9.98 Å². The number of benzene rings is 2. The number of thiazole rings is 1. The minimum absolute atomic E-state index is 0.121. The predicted octanol–water partition coefficient (Wildman–Crippen LogP) is 4.78. The molecule has 3 rings (SSSR count). The zero-order valence-corrected chi connectivity index (χ0v) is 14.0. The zero-order chi connectivity index (χ0) is 16.1. The van der Waals surface area contributed by atoms with E-state index in [-0.39, 0.29) is 6.04 Å². The van der Waals surface area contributed by atoms with E-state index >= 15 is 0 Å². The normalized spacial score (nSPS) is 11.7. The molecule has 0 aliphatic rings. The first-order chi connectivity index (χ1) is 11.3. The van der Waals surface area contributed by atoms with Crippen molar-refractivity contribution in [2.24, 2.45) is 4.99 Å². The highest BCUT2D eigenvalue weighted by Gasteiger charge is 2.15. The van der Waals surface area contributed by atoms with E-state index in [4.69, 9.17) is 22.9 Å². The van der Waals surface area contributed by atoms with Gasteiger partial charge in [0.15, 0.2) is 0 Å². The number of thiocarbonyl (C=S) groups is 1. The Morgan fingerprint density at radius 1 is 1.13 bits per heavy atom. The zero-order valence-electron chi connectivity index (χ0n) is 12.3. The number of anilines is 1. The molecule has 0 unspecified atom stereocenters. The molecule has 3 nitrogen and oxygen atoms in total. The summed E-state index contributed by atoms with van der Waals surface area (Å²) in [6, 6.07) is 17.8. The molecular formula is C18H15N3S2. The lowest BCUT2D eigenvalue weighted by Crippen LogP contribution is -2.01. The molecule has 114 valence electrons. The van der Waals surface area contributed by atoms with Crippen molar-refractivity contribution >= 4 is 34.4 Å². The highest BCUT2D eigenvalue weighted by molar-refractivity contribution is 7.78. The van der Waals surface area contributed by atoms with Crippen LogP contribution >= 0.6 is 23.6 Å². The third-order valence-electron chi connectivity index (χ3n) is 3.50. The van der Waals surface area contributed by atoms with Crippen molar-refractivity contribution in [3.63, 3.8) is 0 Å². The lowest BCUT2D eigenvalue weighted by Gasteiger charge is -2.08. The molecule has 0 aliphatic heterocycles. The molecule has 0 amide bonds. The van der Waals surface area contributed by atoms with Crippen LogP contribution < -0.4 is 5.73 Å². The average molecular weight is 337 g/mol. The summed E-state index contributed by atoms with van der Waals surface area (Å²) in [5.74, 6) is 0. The first-order valence-corrected chi connectivity index (χ1v) is 8.47. The van der Waals surface area contributed by atoms with Gasteiger partial charge in [0.1, 0.15) is 11.0 Å². The van der Waals surface area contributed by atoms with Gasteiger partial charge in [-0.15, -0.1) is 11.3 Å². The van der Waals surface area contributed by atoms with Crippen LogP contribution in [0.4, 0.5) is 5.69 Å². The fraction of sp³-hybridized carbons (Fsp3) is 0.111. The molecule has 5 heteroatoms. The molecule has 1 heterocycles. The number of aromatic nitrogens is 1. The molecule has 2 N–H and O–H groups in total. The minimum Gasteiger partial charge on any atom is -0.399 e. The van der Waals surface area contributed by atoms with Crippen LogP contribution in [-0.2, 0) is 6.42 Å². The molecule has 2 aromatic carbocycles.